The highest BCUT2D eigenvalue weighted by Crippen LogP contribution is 2.06. The number of H-pyrrole nitrogens is 1. The lowest BCUT2D eigenvalue weighted by Crippen LogP contribution is -2.19. The quantitative estimate of drug-likeness (QED) is 0.657. The van der Waals surface area contributed by atoms with Gasteiger partial charge in [-0.2, -0.15) is 5.10 Å². The van der Waals surface area contributed by atoms with E-state index >= 15 is 0 Å². The van der Waals surface area contributed by atoms with Crippen molar-refractivity contribution >= 4 is 0 Å². The molecule has 1 atom stereocenters. The Hall–Kier alpha value is -0.830. The van der Waals surface area contributed by atoms with Gasteiger partial charge in [-0.1, -0.05) is 13.3 Å². The zero-order valence-electron chi connectivity index (χ0n) is 7.80. The number of nitrogens with one attached hydrogen (secondary N) is 2. The summed E-state index contributed by atoms with van der Waals surface area (Å²) in [7, 11) is 0. The maximum Gasteiger partial charge on any atom is 0.0518 e. The summed E-state index contributed by atoms with van der Waals surface area (Å²) in [6.45, 7) is 5.42. The summed E-state index contributed by atoms with van der Waals surface area (Å²) in [5, 5.41) is 10.3. The lowest BCUT2D eigenvalue weighted by Gasteiger charge is -2.10. The second kappa shape index (κ2) is 4.93. The van der Waals surface area contributed by atoms with Gasteiger partial charge in [0.1, 0.15) is 0 Å². The first-order chi connectivity index (χ1) is 5.84. The Balaban J connectivity index is 2.25. The highest BCUT2D eigenvalue weighted by atomic mass is 15.1. The minimum absolute atomic E-state index is 0.388. The van der Waals surface area contributed by atoms with E-state index in [4.69, 9.17) is 0 Å². The fourth-order valence-corrected chi connectivity index (χ4v) is 1.11. The van der Waals surface area contributed by atoms with Crippen molar-refractivity contribution in [3.05, 3.63) is 18.0 Å². The van der Waals surface area contributed by atoms with Crippen molar-refractivity contribution in [2.75, 3.05) is 6.54 Å². The second-order valence-corrected chi connectivity index (χ2v) is 3.04. The summed E-state index contributed by atoms with van der Waals surface area (Å²) in [5.74, 6) is 0. The summed E-state index contributed by atoms with van der Waals surface area (Å²) < 4.78 is 0. The smallest absolute Gasteiger partial charge is 0.0518 e. The first-order valence-corrected chi connectivity index (χ1v) is 4.57. The van der Waals surface area contributed by atoms with Gasteiger partial charge in [-0.25, -0.2) is 0 Å². The number of aromatic nitrogens is 2. The number of rotatable bonds is 5. The Morgan fingerprint density at radius 2 is 2.50 bits per heavy atom. The van der Waals surface area contributed by atoms with Crippen molar-refractivity contribution in [3.63, 3.8) is 0 Å². The van der Waals surface area contributed by atoms with Crippen LogP contribution in [0.25, 0.3) is 0 Å². The van der Waals surface area contributed by atoms with Gasteiger partial charge in [0.2, 0.25) is 0 Å². The summed E-state index contributed by atoms with van der Waals surface area (Å²) in [4.78, 5) is 0. The molecular formula is C9H17N3. The summed E-state index contributed by atoms with van der Waals surface area (Å²) in [6.07, 6.45) is 4.26. The monoisotopic (exact) mass is 167 g/mol. The Labute approximate surface area is 73.6 Å². The Bertz CT molecular complexity index is 194. The lowest BCUT2D eigenvalue weighted by atomic mass is 10.2. The van der Waals surface area contributed by atoms with Gasteiger partial charge in [-0.3, -0.25) is 5.10 Å². The van der Waals surface area contributed by atoms with Crippen LogP contribution in [0, 0.1) is 0 Å². The predicted octanol–water partition coefficient (Wildman–Crippen LogP) is 1.86. The van der Waals surface area contributed by atoms with E-state index in [2.05, 4.69) is 29.4 Å². The van der Waals surface area contributed by atoms with Gasteiger partial charge < -0.3 is 5.32 Å². The molecule has 12 heavy (non-hydrogen) atoms. The first kappa shape index (κ1) is 9.26. The third-order valence-electron chi connectivity index (χ3n) is 1.97. The fraction of sp³-hybridized carbons (Fsp3) is 0.667. The number of hydrogen-bond donors (Lipinski definition) is 2. The van der Waals surface area contributed by atoms with Gasteiger partial charge in [0.15, 0.2) is 0 Å². The van der Waals surface area contributed by atoms with E-state index in [1.165, 1.54) is 12.8 Å². The molecule has 0 fully saturated rings. The molecule has 0 aliphatic carbocycles. The molecule has 1 aromatic rings. The average molecular weight is 167 g/mol. The van der Waals surface area contributed by atoms with Gasteiger partial charge in [0.25, 0.3) is 0 Å². The van der Waals surface area contributed by atoms with Crippen LogP contribution in [0.3, 0.4) is 0 Å². The number of unbranched alkanes of at least 4 members (excludes halogenated alkanes) is 1. The minimum atomic E-state index is 0.388. The van der Waals surface area contributed by atoms with Crippen molar-refractivity contribution in [3.8, 4) is 0 Å². The largest absolute Gasteiger partial charge is 0.309 e. The maximum absolute atomic E-state index is 3.91. The summed E-state index contributed by atoms with van der Waals surface area (Å²) in [6, 6.07) is 2.39. The van der Waals surface area contributed by atoms with Crippen molar-refractivity contribution in [1.82, 2.24) is 15.5 Å². The van der Waals surface area contributed by atoms with Gasteiger partial charge in [-0.15, -0.1) is 0 Å². The van der Waals surface area contributed by atoms with Crippen LogP contribution in [0.15, 0.2) is 12.3 Å². The van der Waals surface area contributed by atoms with Crippen LogP contribution in [0.5, 0.6) is 0 Å². The molecule has 0 radical (unpaired) electrons. The minimum Gasteiger partial charge on any atom is -0.309 e. The molecule has 3 heteroatoms. The van der Waals surface area contributed by atoms with Crippen LogP contribution in [0.1, 0.15) is 38.4 Å². The van der Waals surface area contributed by atoms with Crippen LogP contribution in [0.2, 0.25) is 0 Å². The summed E-state index contributed by atoms with van der Waals surface area (Å²) in [5.41, 5.74) is 1.16. The topological polar surface area (TPSA) is 40.7 Å². The van der Waals surface area contributed by atoms with Crippen molar-refractivity contribution < 1.29 is 0 Å². The molecule has 0 saturated carbocycles. The normalized spacial score (nSPS) is 13.2. The van der Waals surface area contributed by atoms with Crippen molar-refractivity contribution in [2.45, 2.75) is 32.7 Å². The Kier molecular flexibility index (Phi) is 3.80. The fourth-order valence-electron chi connectivity index (χ4n) is 1.11. The average Bonchev–Trinajstić information content (AvgIpc) is 2.56. The molecule has 1 rings (SSSR count). The van der Waals surface area contributed by atoms with E-state index in [1.807, 2.05) is 6.07 Å². The number of aromatic amines is 1. The van der Waals surface area contributed by atoms with E-state index < -0.39 is 0 Å². The predicted molar refractivity (Wildman–Crippen MR) is 49.9 cm³/mol. The molecule has 1 aromatic heterocycles. The third kappa shape index (κ3) is 2.66. The van der Waals surface area contributed by atoms with Gasteiger partial charge in [-0.05, 0) is 26.0 Å². The first-order valence-electron chi connectivity index (χ1n) is 4.57. The van der Waals surface area contributed by atoms with Crippen molar-refractivity contribution in [1.29, 1.82) is 0 Å². The molecule has 0 aliphatic heterocycles. The third-order valence-corrected chi connectivity index (χ3v) is 1.97. The van der Waals surface area contributed by atoms with Gasteiger partial charge >= 0.3 is 0 Å². The van der Waals surface area contributed by atoms with E-state index in [9.17, 15) is 0 Å². The van der Waals surface area contributed by atoms with Gasteiger partial charge in [0, 0.05) is 12.2 Å². The molecule has 0 amide bonds. The molecule has 0 aliphatic rings. The molecule has 2 N–H and O–H groups in total. The van der Waals surface area contributed by atoms with E-state index in [1.54, 1.807) is 6.20 Å². The van der Waals surface area contributed by atoms with Crippen LogP contribution in [0.4, 0.5) is 0 Å². The standard InChI is InChI=1S/C9H17N3/c1-3-4-6-10-8(2)9-5-7-11-12-9/h5,7-8,10H,3-4,6H2,1-2H3,(H,11,12). The molecule has 0 aromatic carbocycles. The van der Waals surface area contributed by atoms with Crippen LogP contribution in [-0.4, -0.2) is 16.7 Å². The molecule has 1 heterocycles. The lowest BCUT2D eigenvalue weighted by molar-refractivity contribution is 0.543. The molecule has 0 spiro atoms. The molecule has 0 saturated heterocycles. The highest BCUT2D eigenvalue weighted by molar-refractivity contribution is 5.02. The molecule has 68 valence electrons. The maximum atomic E-state index is 3.91. The Morgan fingerprint density at radius 1 is 1.67 bits per heavy atom. The zero-order chi connectivity index (χ0) is 8.81. The van der Waals surface area contributed by atoms with Crippen molar-refractivity contribution in [2.24, 2.45) is 0 Å². The Morgan fingerprint density at radius 3 is 3.08 bits per heavy atom. The number of nitrogens with zero attached hydrogens (tertiary/aromatic N) is 1. The molecular weight excluding hydrogens is 150 g/mol. The highest BCUT2D eigenvalue weighted by Gasteiger charge is 2.03. The molecule has 1 unspecified atom stereocenters. The SMILES string of the molecule is CCCCNC(C)c1ccn[nH]1. The van der Waals surface area contributed by atoms with Crippen LogP contribution in [-0.2, 0) is 0 Å². The summed E-state index contributed by atoms with van der Waals surface area (Å²) >= 11 is 0. The van der Waals surface area contributed by atoms with E-state index in [0.717, 1.165) is 12.2 Å². The second-order valence-electron chi connectivity index (χ2n) is 3.04. The van der Waals surface area contributed by atoms with E-state index in [0.29, 0.717) is 6.04 Å². The number of hydrogen-bond acceptors (Lipinski definition) is 2. The van der Waals surface area contributed by atoms with E-state index in [-0.39, 0.29) is 0 Å². The molecule has 0 bridgehead atoms. The zero-order valence-corrected chi connectivity index (χ0v) is 7.80. The van der Waals surface area contributed by atoms with Crippen LogP contribution < -0.4 is 5.32 Å². The molecule has 3 nitrogen and oxygen atoms in total. The van der Waals surface area contributed by atoms with Crippen LogP contribution >= 0.6 is 0 Å². The van der Waals surface area contributed by atoms with Gasteiger partial charge in [0.05, 0.1) is 5.69 Å².